The van der Waals surface area contributed by atoms with Crippen molar-refractivity contribution in [1.82, 2.24) is 47.9 Å². The van der Waals surface area contributed by atoms with Crippen LogP contribution in [0.5, 0.6) is 5.75 Å². The largest absolute Gasteiger partial charge is 0.508 e. The van der Waals surface area contributed by atoms with Gasteiger partial charge in [0.25, 0.3) is 0 Å². The molecule has 74 heavy (non-hydrogen) atoms. The maximum Gasteiger partial charge on any atom is 0.326 e. The Morgan fingerprint density at radius 3 is 1.51 bits per heavy atom. The van der Waals surface area contributed by atoms with Gasteiger partial charge in [-0.05, 0) is 75.1 Å². The lowest BCUT2D eigenvalue weighted by Crippen LogP contribution is -2.61. The standard InChI is InChI=1S/C47H76N12O15/c1-22(2)17-33(47(73)74)57-44(70)32(20-36(63)64)55-43(69)31(19-34(50)61)56-45(71)37(23(3)4)59-46(72)38(24(5)6)58-40(66)26(8)52-35(62)21-51-39(65)25(7)53-42(68)30(18-27-12-14-28(60)15-13-27)54-41(67)29(49)11-9-10-16-48/h12-15,22-26,29-33,37-38,60H,9-11,16-21,48-49H2,1-8H3,(H2,50,61)(H,51,65)(H,52,62)(H,53,68)(H,54,67)(H,55,69)(H,56,71)(H,57,70)(H,58,66)(H,59,72)(H,63,64)(H,73,74). The molecule has 1 aromatic carbocycles. The van der Waals surface area contributed by atoms with E-state index >= 15 is 0 Å². The number of carbonyl (C=O) groups excluding carboxylic acids is 10. The highest BCUT2D eigenvalue weighted by atomic mass is 16.4. The van der Waals surface area contributed by atoms with Gasteiger partial charge >= 0.3 is 11.9 Å². The van der Waals surface area contributed by atoms with Gasteiger partial charge in [-0.1, -0.05) is 60.1 Å². The first kappa shape index (κ1) is 64.6. The number of primary amides is 1. The molecule has 27 nitrogen and oxygen atoms in total. The molecule has 10 amide bonds. The Bertz CT molecular complexity index is 2140. The fraction of sp³-hybridized carbons (Fsp3) is 0.617. The molecule has 9 atom stereocenters. The fourth-order valence-corrected chi connectivity index (χ4v) is 6.94. The number of nitrogens with two attached hydrogens (primary N) is 3. The summed E-state index contributed by atoms with van der Waals surface area (Å²) in [6.07, 6.45) is -0.403. The zero-order valence-electron chi connectivity index (χ0n) is 43.1. The molecule has 0 aromatic heterocycles. The van der Waals surface area contributed by atoms with Gasteiger partial charge in [-0.3, -0.25) is 52.7 Å². The fourth-order valence-electron chi connectivity index (χ4n) is 6.94. The van der Waals surface area contributed by atoms with Crippen molar-refractivity contribution in [3.8, 4) is 5.75 Å². The molecule has 0 fully saturated rings. The van der Waals surface area contributed by atoms with Crippen LogP contribution >= 0.6 is 0 Å². The number of hydrogen-bond donors (Lipinski definition) is 15. The average molecular weight is 1050 g/mol. The lowest BCUT2D eigenvalue weighted by Gasteiger charge is -2.29. The van der Waals surface area contributed by atoms with E-state index in [0.717, 1.165) is 0 Å². The Labute approximate surface area is 429 Å². The first-order chi connectivity index (χ1) is 34.5. The smallest absolute Gasteiger partial charge is 0.326 e. The van der Waals surface area contributed by atoms with E-state index in [9.17, 15) is 72.9 Å². The Kier molecular flexibility index (Phi) is 27.9. The van der Waals surface area contributed by atoms with Gasteiger partial charge in [-0.25, -0.2) is 4.79 Å². The topological polar surface area (TPSA) is 452 Å². The molecule has 0 heterocycles. The summed E-state index contributed by atoms with van der Waals surface area (Å²) in [5.74, 6) is -13.8. The third-order valence-electron chi connectivity index (χ3n) is 11.1. The minimum atomic E-state index is -1.86. The number of phenols is 1. The summed E-state index contributed by atoms with van der Waals surface area (Å²) in [5.41, 5.74) is 17.5. The van der Waals surface area contributed by atoms with Gasteiger partial charge in [0, 0.05) is 6.42 Å². The number of unbranched alkanes of at least 4 members (excludes halogenated alkanes) is 1. The molecule has 0 bridgehead atoms. The summed E-state index contributed by atoms with van der Waals surface area (Å²) in [4.78, 5) is 155. The molecule has 0 aliphatic rings. The van der Waals surface area contributed by atoms with Crippen molar-refractivity contribution in [2.45, 2.75) is 155 Å². The molecule has 414 valence electrons. The monoisotopic (exact) mass is 1050 g/mol. The molecule has 18 N–H and O–H groups in total. The van der Waals surface area contributed by atoms with Gasteiger partial charge in [-0.2, -0.15) is 0 Å². The Morgan fingerprint density at radius 1 is 0.541 bits per heavy atom. The highest BCUT2D eigenvalue weighted by Crippen LogP contribution is 2.13. The van der Waals surface area contributed by atoms with Gasteiger partial charge in [0.2, 0.25) is 59.1 Å². The van der Waals surface area contributed by atoms with Crippen molar-refractivity contribution in [3.05, 3.63) is 29.8 Å². The van der Waals surface area contributed by atoms with Crippen molar-refractivity contribution in [1.29, 1.82) is 0 Å². The Balaban J connectivity index is 3.03. The van der Waals surface area contributed by atoms with E-state index in [4.69, 9.17) is 17.2 Å². The minimum absolute atomic E-state index is 0.0203. The lowest BCUT2D eigenvalue weighted by molar-refractivity contribution is -0.144. The van der Waals surface area contributed by atoms with E-state index in [-0.39, 0.29) is 24.5 Å². The molecular formula is C47H76N12O15. The van der Waals surface area contributed by atoms with Crippen molar-refractivity contribution < 1.29 is 72.9 Å². The predicted octanol–water partition coefficient (Wildman–Crippen LogP) is -3.78. The van der Waals surface area contributed by atoms with Crippen molar-refractivity contribution in [2.24, 2.45) is 35.0 Å². The van der Waals surface area contributed by atoms with E-state index in [0.29, 0.717) is 31.4 Å². The number of amides is 10. The number of carboxylic acid groups (broad SMARTS) is 2. The highest BCUT2D eigenvalue weighted by Gasteiger charge is 2.36. The van der Waals surface area contributed by atoms with Gasteiger partial charge in [0.1, 0.15) is 54.1 Å². The van der Waals surface area contributed by atoms with Crippen LogP contribution in [-0.2, 0) is 64.0 Å². The summed E-state index contributed by atoms with van der Waals surface area (Å²) < 4.78 is 0. The number of hydrogen-bond acceptors (Lipinski definition) is 15. The maximum absolute atomic E-state index is 13.7. The maximum atomic E-state index is 13.7. The minimum Gasteiger partial charge on any atom is -0.508 e. The number of benzene rings is 1. The van der Waals surface area contributed by atoms with Crippen LogP contribution in [0.1, 0.15) is 99.5 Å². The Hall–Kier alpha value is -7.42. The van der Waals surface area contributed by atoms with Crippen LogP contribution in [0, 0.1) is 17.8 Å². The predicted molar refractivity (Wildman–Crippen MR) is 265 cm³/mol. The van der Waals surface area contributed by atoms with Crippen molar-refractivity contribution in [2.75, 3.05) is 13.1 Å². The number of aromatic hydroxyl groups is 1. The van der Waals surface area contributed by atoms with Crippen LogP contribution in [0.15, 0.2) is 24.3 Å². The molecule has 0 saturated heterocycles. The second kappa shape index (κ2) is 31.9. The summed E-state index contributed by atoms with van der Waals surface area (Å²) >= 11 is 0. The first-order valence-electron chi connectivity index (χ1n) is 24.1. The molecular weight excluding hydrogens is 973 g/mol. The molecule has 0 aliphatic carbocycles. The number of nitrogens with one attached hydrogen (secondary N) is 9. The summed E-state index contributed by atoms with van der Waals surface area (Å²) in [6, 6.07) is -6.67. The number of carboxylic acids is 2. The average Bonchev–Trinajstić information content (AvgIpc) is 3.30. The second-order valence-electron chi connectivity index (χ2n) is 18.9. The van der Waals surface area contributed by atoms with Crippen LogP contribution < -0.4 is 65.1 Å². The van der Waals surface area contributed by atoms with Gasteiger partial charge in [-0.15, -0.1) is 0 Å². The van der Waals surface area contributed by atoms with Gasteiger partial charge < -0.3 is 80.4 Å². The molecule has 0 aliphatic heterocycles. The number of aliphatic carboxylic acids is 2. The van der Waals surface area contributed by atoms with Crippen LogP contribution in [0.25, 0.3) is 0 Å². The van der Waals surface area contributed by atoms with E-state index in [1.165, 1.54) is 39.8 Å². The molecule has 0 saturated carbocycles. The third-order valence-corrected chi connectivity index (χ3v) is 11.1. The van der Waals surface area contributed by atoms with E-state index < -0.39 is 157 Å². The van der Waals surface area contributed by atoms with Gasteiger partial charge in [0.05, 0.1) is 25.4 Å². The number of phenolic OH excluding ortho intramolecular Hbond substituents is 1. The summed E-state index contributed by atoms with van der Waals surface area (Å²) in [7, 11) is 0. The normalized spacial score (nSPS) is 14.8. The second-order valence-corrected chi connectivity index (χ2v) is 18.9. The van der Waals surface area contributed by atoms with E-state index in [1.807, 2.05) is 0 Å². The molecule has 1 aromatic rings. The van der Waals surface area contributed by atoms with Crippen LogP contribution in [0.4, 0.5) is 0 Å². The zero-order valence-corrected chi connectivity index (χ0v) is 43.1. The SMILES string of the molecule is CC(C)CC(NC(=O)C(CC(=O)O)NC(=O)C(CC(N)=O)NC(=O)C(NC(=O)C(NC(=O)C(C)NC(=O)CNC(=O)C(C)NC(=O)C(Cc1ccc(O)cc1)NC(=O)C(N)CCCCN)C(C)C)C(C)C)C(=O)O. The zero-order chi connectivity index (χ0) is 56.6. The molecule has 9 unspecified atom stereocenters. The van der Waals surface area contributed by atoms with Crippen molar-refractivity contribution in [3.63, 3.8) is 0 Å². The summed E-state index contributed by atoms with van der Waals surface area (Å²) in [6.45, 7) is 11.9. The van der Waals surface area contributed by atoms with Crippen molar-refractivity contribution >= 4 is 71.0 Å². The number of rotatable bonds is 33. The Morgan fingerprint density at radius 2 is 1.01 bits per heavy atom. The lowest BCUT2D eigenvalue weighted by atomic mass is 9.99. The van der Waals surface area contributed by atoms with Crippen LogP contribution in [0.3, 0.4) is 0 Å². The molecule has 1 rings (SSSR count). The van der Waals surface area contributed by atoms with E-state index in [2.05, 4.69) is 47.9 Å². The molecule has 27 heteroatoms. The quantitative estimate of drug-likeness (QED) is 0.0300. The van der Waals surface area contributed by atoms with Gasteiger partial charge in [0.15, 0.2) is 0 Å². The first-order valence-corrected chi connectivity index (χ1v) is 24.1. The molecule has 0 spiro atoms. The van der Waals surface area contributed by atoms with E-state index in [1.54, 1.807) is 39.8 Å². The number of carbonyl (C=O) groups is 12. The third kappa shape index (κ3) is 23.9. The molecule has 0 radical (unpaired) electrons. The summed E-state index contributed by atoms with van der Waals surface area (Å²) in [5, 5.41) is 50.1. The van der Waals surface area contributed by atoms with Crippen LogP contribution in [0.2, 0.25) is 0 Å². The highest BCUT2D eigenvalue weighted by molar-refractivity contribution is 5.99. The van der Waals surface area contributed by atoms with Crippen LogP contribution in [-0.4, -0.2) is 154 Å².